The van der Waals surface area contributed by atoms with E-state index in [2.05, 4.69) is 24.5 Å². The highest BCUT2D eigenvalue weighted by Gasteiger charge is 2.13. The lowest BCUT2D eigenvalue weighted by atomic mass is 10.2. The molecule has 5 aromatic rings. The zero-order chi connectivity index (χ0) is 25.1. The van der Waals surface area contributed by atoms with Crippen molar-refractivity contribution in [2.75, 3.05) is 5.32 Å². The topological polar surface area (TPSA) is 102 Å². The molecule has 8 nitrogen and oxygen atoms in total. The maximum atomic E-state index is 11.1. The van der Waals surface area contributed by atoms with Crippen LogP contribution in [0.5, 0.6) is 5.75 Å². The van der Waals surface area contributed by atoms with E-state index in [9.17, 15) is 4.79 Å². The molecule has 1 atom stereocenters. The number of aromatic nitrogens is 3. The van der Waals surface area contributed by atoms with Crippen LogP contribution in [0.25, 0.3) is 11.0 Å². The van der Waals surface area contributed by atoms with E-state index < -0.39 is 5.97 Å². The molecular weight excluding hydrogens is 499 g/mol. The molecule has 5 rings (SSSR count). The average molecular weight is 521 g/mol. The Kier molecular flexibility index (Phi) is 6.89. The summed E-state index contributed by atoms with van der Waals surface area (Å²) in [6.07, 6.45) is 3.93. The van der Waals surface area contributed by atoms with Gasteiger partial charge in [-0.15, -0.1) is 9.24 Å². The number of nitrogens with zero attached hydrogens (tertiary/aromatic N) is 3. The Morgan fingerprint density at radius 2 is 2.03 bits per heavy atom. The van der Waals surface area contributed by atoms with Crippen LogP contribution in [0.2, 0.25) is 5.02 Å². The number of aryl methyl sites for hydroxylation is 2. The third-order valence-electron chi connectivity index (χ3n) is 5.56. The van der Waals surface area contributed by atoms with Crippen molar-refractivity contribution in [2.24, 2.45) is 0 Å². The van der Waals surface area contributed by atoms with Gasteiger partial charge in [0.25, 0.3) is 0 Å². The van der Waals surface area contributed by atoms with Crippen molar-refractivity contribution < 1.29 is 19.1 Å². The fourth-order valence-electron chi connectivity index (χ4n) is 3.84. The standard InChI is InChI=1S/C26H22ClN4O4P/c27-20-13-17(4-6-22(20)34-14-16-2-1-3-19(36)12-16)30-25-24-21(28-15-29-25)9-11-31(24)10-8-18-5-7-23(35-18)26(32)33/h1-7,9,11-13,15H,8,10,14,36H2,(H,32,33)(H,28,29,30). The van der Waals surface area contributed by atoms with E-state index in [1.807, 2.05) is 53.2 Å². The molecule has 2 aromatic carbocycles. The Morgan fingerprint density at radius 3 is 2.81 bits per heavy atom. The van der Waals surface area contributed by atoms with Gasteiger partial charge in [0.2, 0.25) is 5.76 Å². The summed E-state index contributed by atoms with van der Waals surface area (Å²) < 4.78 is 13.3. The first-order valence-corrected chi connectivity index (χ1v) is 12.1. The zero-order valence-corrected chi connectivity index (χ0v) is 20.9. The SMILES string of the molecule is O=C(O)c1ccc(CCn2ccc3ncnc(Nc4ccc(OCc5cccc(P)c5)c(Cl)c4)c32)o1. The number of hydrogen-bond donors (Lipinski definition) is 2. The van der Waals surface area contributed by atoms with E-state index in [1.54, 1.807) is 12.1 Å². The number of carboxylic acids is 1. The van der Waals surface area contributed by atoms with Crippen LogP contribution in [0.15, 0.2) is 77.6 Å². The number of benzene rings is 2. The lowest BCUT2D eigenvalue weighted by Crippen LogP contribution is -2.04. The first-order chi connectivity index (χ1) is 17.5. The second kappa shape index (κ2) is 10.4. The van der Waals surface area contributed by atoms with Crippen LogP contribution in [-0.2, 0) is 19.6 Å². The molecule has 3 heterocycles. The highest BCUT2D eigenvalue weighted by atomic mass is 35.5. The molecule has 2 N–H and O–H groups in total. The predicted molar refractivity (Wildman–Crippen MR) is 142 cm³/mol. The van der Waals surface area contributed by atoms with Crippen LogP contribution in [-0.4, -0.2) is 25.6 Å². The van der Waals surface area contributed by atoms with E-state index >= 15 is 0 Å². The number of fused-ring (bicyclic) bond motifs is 1. The van der Waals surface area contributed by atoms with Gasteiger partial charge in [-0.3, -0.25) is 0 Å². The van der Waals surface area contributed by atoms with Gasteiger partial charge in [0, 0.05) is 24.8 Å². The minimum atomic E-state index is -1.09. The van der Waals surface area contributed by atoms with E-state index in [0.29, 0.717) is 41.9 Å². The van der Waals surface area contributed by atoms with E-state index in [1.165, 1.54) is 12.4 Å². The number of nitrogens with one attached hydrogen (secondary N) is 1. The van der Waals surface area contributed by atoms with Crippen LogP contribution < -0.4 is 15.4 Å². The van der Waals surface area contributed by atoms with Gasteiger partial charge in [0.05, 0.1) is 10.5 Å². The number of rotatable bonds is 9. The Balaban J connectivity index is 1.31. The molecule has 0 aliphatic rings. The summed E-state index contributed by atoms with van der Waals surface area (Å²) >= 11 is 6.50. The number of hydrogen-bond acceptors (Lipinski definition) is 6. The summed E-state index contributed by atoms with van der Waals surface area (Å²) in [6, 6.07) is 18.6. The van der Waals surface area contributed by atoms with Crippen molar-refractivity contribution in [2.45, 2.75) is 19.6 Å². The van der Waals surface area contributed by atoms with Gasteiger partial charge in [0.1, 0.15) is 30.0 Å². The molecule has 36 heavy (non-hydrogen) atoms. The number of aromatic carboxylic acids is 1. The van der Waals surface area contributed by atoms with Gasteiger partial charge in [-0.1, -0.05) is 29.8 Å². The number of carboxylic acid groups (broad SMARTS) is 1. The van der Waals surface area contributed by atoms with Crippen LogP contribution in [0.3, 0.4) is 0 Å². The smallest absolute Gasteiger partial charge is 0.371 e. The molecule has 0 saturated carbocycles. The summed E-state index contributed by atoms with van der Waals surface area (Å²) in [7, 11) is 2.68. The summed E-state index contributed by atoms with van der Waals surface area (Å²) in [5.41, 5.74) is 3.40. The molecule has 0 fully saturated rings. The second-order valence-electron chi connectivity index (χ2n) is 8.09. The Labute approximate surface area is 214 Å². The minimum Gasteiger partial charge on any atom is -0.487 e. The molecule has 0 aliphatic carbocycles. The van der Waals surface area contributed by atoms with Crippen molar-refractivity contribution in [1.82, 2.24) is 14.5 Å². The average Bonchev–Trinajstić information content (AvgIpc) is 3.50. The molecule has 0 radical (unpaired) electrons. The maximum Gasteiger partial charge on any atom is 0.371 e. The van der Waals surface area contributed by atoms with Crippen molar-refractivity contribution >= 4 is 54.7 Å². The Hall–Kier alpha value is -3.87. The molecule has 0 amide bonds. The predicted octanol–water partition coefficient (Wildman–Crippen LogP) is 5.44. The highest BCUT2D eigenvalue weighted by Crippen LogP contribution is 2.31. The zero-order valence-electron chi connectivity index (χ0n) is 19.0. The molecular formula is C26H22ClN4O4P. The fourth-order valence-corrected chi connectivity index (χ4v) is 4.40. The lowest BCUT2D eigenvalue weighted by molar-refractivity contribution is 0.0660. The highest BCUT2D eigenvalue weighted by molar-refractivity contribution is 7.27. The molecule has 3 aromatic heterocycles. The molecule has 0 spiro atoms. The van der Waals surface area contributed by atoms with Crippen molar-refractivity contribution in [1.29, 1.82) is 0 Å². The summed E-state index contributed by atoms with van der Waals surface area (Å²) in [4.78, 5) is 19.8. The van der Waals surface area contributed by atoms with Gasteiger partial charge >= 0.3 is 5.97 Å². The molecule has 0 aliphatic heterocycles. The summed E-state index contributed by atoms with van der Waals surface area (Å²) in [6.45, 7) is 0.974. The lowest BCUT2D eigenvalue weighted by Gasteiger charge is -2.13. The summed E-state index contributed by atoms with van der Waals surface area (Å²) in [5.74, 6) is 0.643. The number of anilines is 2. The van der Waals surface area contributed by atoms with E-state index in [-0.39, 0.29) is 5.76 Å². The summed E-state index contributed by atoms with van der Waals surface area (Å²) in [5, 5.41) is 14.0. The number of halogens is 1. The third-order valence-corrected chi connectivity index (χ3v) is 6.22. The van der Waals surface area contributed by atoms with Crippen LogP contribution in [0, 0.1) is 0 Å². The van der Waals surface area contributed by atoms with Gasteiger partial charge in [-0.25, -0.2) is 14.8 Å². The van der Waals surface area contributed by atoms with Crippen molar-refractivity contribution in [3.05, 3.63) is 95.3 Å². The van der Waals surface area contributed by atoms with Crippen molar-refractivity contribution in [3.8, 4) is 5.75 Å². The number of ether oxygens (including phenoxy) is 1. The van der Waals surface area contributed by atoms with Crippen LogP contribution >= 0.6 is 20.8 Å². The van der Waals surface area contributed by atoms with Crippen LogP contribution in [0.1, 0.15) is 21.9 Å². The molecule has 1 unspecified atom stereocenters. The minimum absolute atomic E-state index is 0.0738. The molecule has 0 bridgehead atoms. The second-order valence-corrected chi connectivity index (χ2v) is 9.16. The van der Waals surface area contributed by atoms with Crippen molar-refractivity contribution in [3.63, 3.8) is 0 Å². The molecule has 182 valence electrons. The monoisotopic (exact) mass is 520 g/mol. The van der Waals surface area contributed by atoms with Gasteiger partial charge in [-0.2, -0.15) is 0 Å². The maximum absolute atomic E-state index is 11.1. The molecule has 10 heteroatoms. The van der Waals surface area contributed by atoms with Gasteiger partial charge in [0.15, 0.2) is 5.82 Å². The fraction of sp³-hybridized carbons (Fsp3) is 0.115. The Morgan fingerprint density at radius 1 is 1.14 bits per heavy atom. The van der Waals surface area contributed by atoms with Gasteiger partial charge < -0.3 is 24.1 Å². The number of furan rings is 1. The van der Waals surface area contributed by atoms with Crippen LogP contribution in [0.4, 0.5) is 11.5 Å². The first kappa shape index (κ1) is 23.9. The quantitative estimate of drug-likeness (QED) is 0.249. The normalized spacial score (nSPS) is 11.1. The van der Waals surface area contributed by atoms with Gasteiger partial charge in [-0.05, 0) is 53.3 Å². The largest absolute Gasteiger partial charge is 0.487 e. The number of carbonyl (C=O) groups is 1. The van der Waals surface area contributed by atoms with E-state index in [4.69, 9.17) is 25.9 Å². The first-order valence-electron chi connectivity index (χ1n) is 11.1. The Bertz CT molecular complexity index is 1550. The van der Waals surface area contributed by atoms with E-state index in [0.717, 1.165) is 27.6 Å². The third kappa shape index (κ3) is 5.35. The molecule has 0 saturated heterocycles.